The fourth-order valence-electron chi connectivity index (χ4n) is 4.07. The molecular formula is C22H25N5O3. The topological polar surface area (TPSA) is 85.9 Å². The molecule has 3 amide bonds. The molecule has 1 saturated heterocycles. The van der Waals surface area contributed by atoms with Gasteiger partial charge >= 0.3 is 0 Å². The van der Waals surface area contributed by atoms with E-state index in [-0.39, 0.29) is 30.3 Å². The van der Waals surface area contributed by atoms with Crippen LogP contribution in [0.25, 0.3) is 0 Å². The molecule has 30 heavy (non-hydrogen) atoms. The summed E-state index contributed by atoms with van der Waals surface area (Å²) in [6, 6.07) is 10.4. The Labute approximate surface area is 175 Å². The molecule has 0 unspecified atom stereocenters. The van der Waals surface area contributed by atoms with E-state index in [0.29, 0.717) is 17.1 Å². The van der Waals surface area contributed by atoms with Crippen LogP contribution >= 0.6 is 0 Å². The van der Waals surface area contributed by atoms with Crippen molar-refractivity contribution in [1.29, 1.82) is 0 Å². The molecule has 8 nitrogen and oxygen atoms in total. The van der Waals surface area contributed by atoms with Crippen LogP contribution in [0.4, 0.5) is 17.2 Å². The Morgan fingerprint density at radius 2 is 2.00 bits per heavy atom. The molecule has 2 aliphatic heterocycles. The third kappa shape index (κ3) is 3.72. The van der Waals surface area contributed by atoms with Gasteiger partial charge in [-0.1, -0.05) is 6.07 Å². The minimum absolute atomic E-state index is 0.104. The Bertz CT molecular complexity index is 976. The largest absolute Gasteiger partial charge is 0.358 e. The summed E-state index contributed by atoms with van der Waals surface area (Å²) in [6.07, 6.45) is 4.35. The number of hydrogen-bond acceptors (Lipinski definition) is 5. The van der Waals surface area contributed by atoms with E-state index in [1.165, 1.54) is 9.80 Å². The van der Waals surface area contributed by atoms with Crippen molar-refractivity contribution >= 4 is 34.9 Å². The minimum atomic E-state index is -0.332. The molecule has 0 bridgehead atoms. The van der Waals surface area contributed by atoms with Gasteiger partial charge in [0.2, 0.25) is 11.8 Å². The molecule has 8 heteroatoms. The molecule has 2 aromatic rings. The summed E-state index contributed by atoms with van der Waals surface area (Å²) in [5.41, 5.74) is 1.97. The van der Waals surface area contributed by atoms with Crippen LogP contribution in [0, 0.1) is 0 Å². The van der Waals surface area contributed by atoms with Crippen molar-refractivity contribution < 1.29 is 14.4 Å². The maximum atomic E-state index is 13.3. The highest BCUT2D eigenvalue weighted by molar-refractivity contribution is 6.11. The van der Waals surface area contributed by atoms with Crippen LogP contribution in [-0.4, -0.2) is 60.8 Å². The van der Waals surface area contributed by atoms with Crippen molar-refractivity contribution in [2.24, 2.45) is 0 Å². The fourth-order valence-corrected chi connectivity index (χ4v) is 4.07. The lowest BCUT2D eigenvalue weighted by atomic mass is 9.95. The number of carbonyl (C=O) groups excluding carboxylic acids is 3. The van der Waals surface area contributed by atoms with E-state index in [1.54, 1.807) is 50.6 Å². The lowest BCUT2D eigenvalue weighted by Gasteiger charge is -2.45. The first kappa shape index (κ1) is 19.9. The Kier molecular flexibility index (Phi) is 5.39. The van der Waals surface area contributed by atoms with Crippen molar-refractivity contribution in [2.75, 3.05) is 42.3 Å². The quantitative estimate of drug-likeness (QED) is 0.839. The van der Waals surface area contributed by atoms with E-state index >= 15 is 0 Å². The zero-order valence-corrected chi connectivity index (χ0v) is 17.2. The summed E-state index contributed by atoms with van der Waals surface area (Å²) >= 11 is 0. The number of carbonyl (C=O) groups is 3. The average molecular weight is 407 g/mol. The molecule has 1 aromatic carbocycles. The molecule has 0 aliphatic carbocycles. The summed E-state index contributed by atoms with van der Waals surface area (Å²) < 4.78 is 0. The second-order valence-corrected chi connectivity index (χ2v) is 7.80. The lowest BCUT2D eigenvalue weighted by Crippen LogP contribution is -2.56. The first-order valence-electron chi connectivity index (χ1n) is 10.1. The van der Waals surface area contributed by atoms with E-state index in [9.17, 15) is 14.4 Å². The summed E-state index contributed by atoms with van der Waals surface area (Å²) in [5.74, 6) is -0.152. The molecule has 0 radical (unpaired) electrons. The number of benzene rings is 1. The van der Waals surface area contributed by atoms with Gasteiger partial charge in [0.25, 0.3) is 5.91 Å². The van der Waals surface area contributed by atoms with E-state index in [0.717, 1.165) is 31.5 Å². The number of fused-ring (bicyclic) bond motifs is 3. The number of pyridine rings is 1. The van der Waals surface area contributed by atoms with Crippen molar-refractivity contribution in [1.82, 2.24) is 9.88 Å². The van der Waals surface area contributed by atoms with Crippen molar-refractivity contribution in [2.45, 2.75) is 25.3 Å². The van der Waals surface area contributed by atoms with Gasteiger partial charge < -0.3 is 15.1 Å². The van der Waals surface area contributed by atoms with Crippen molar-refractivity contribution in [3.63, 3.8) is 0 Å². The summed E-state index contributed by atoms with van der Waals surface area (Å²) in [7, 11) is 3.37. The second kappa shape index (κ2) is 8.14. The van der Waals surface area contributed by atoms with Gasteiger partial charge in [0.05, 0.1) is 11.4 Å². The third-order valence-corrected chi connectivity index (χ3v) is 5.52. The maximum Gasteiger partial charge on any atom is 0.253 e. The van der Waals surface area contributed by atoms with Gasteiger partial charge in [-0.25, -0.2) is 4.98 Å². The maximum absolute atomic E-state index is 13.3. The molecule has 156 valence electrons. The number of piperidine rings is 1. The van der Waals surface area contributed by atoms with Gasteiger partial charge in [-0.3, -0.25) is 19.3 Å². The normalized spacial score (nSPS) is 17.8. The average Bonchev–Trinajstić information content (AvgIpc) is 2.76. The first-order chi connectivity index (χ1) is 14.5. The number of amides is 3. The zero-order chi connectivity index (χ0) is 21.3. The van der Waals surface area contributed by atoms with Gasteiger partial charge in [0, 0.05) is 32.4 Å². The van der Waals surface area contributed by atoms with E-state index in [2.05, 4.69) is 15.2 Å². The van der Waals surface area contributed by atoms with Gasteiger partial charge in [-0.05, 0) is 49.6 Å². The van der Waals surface area contributed by atoms with Crippen LogP contribution in [-0.2, 0) is 9.59 Å². The Morgan fingerprint density at radius 1 is 1.17 bits per heavy atom. The van der Waals surface area contributed by atoms with Gasteiger partial charge in [-0.15, -0.1) is 0 Å². The molecule has 1 N–H and O–H groups in total. The number of rotatable bonds is 4. The Balaban J connectivity index is 1.68. The predicted molar refractivity (Wildman–Crippen MR) is 115 cm³/mol. The van der Waals surface area contributed by atoms with Crippen LogP contribution in [0.5, 0.6) is 0 Å². The standard InChI is InChI=1S/C22H25N5O3/c1-25(2)21(29)15-9-10-16-18(13-15)27(22(30)17-7-4-6-12-26(16)17)14-20(28)24-19-8-3-5-11-23-19/h3,5,8-11,13,17H,4,6-7,12,14H2,1-2H3,(H,23,24,28)/t17-/m0/s1. The number of aromatic nitrogens is 1. The number of nitrogens with one attached hydrogen (secondary N) is 1. The van der Waals surface area contributed by atoms with Crippen LogP contribution in [0.3, 0.4) is 0 Å². The van der Waals surface area contributed by atoms with E-state index in [4.69, 9.17) is 0 Å². The van der Waals surface area contributed by atoms with E-state index < -0.39 is 0 Å². The molecule has 0 saturated carbocycles. The highest BCUT2D eigenvalue weighted by Gasteiger charge is 2.40. The van der Waals surface area contributed by atoms with Crippen LogP contribution in [0.2, 0.25) is 0 Å². The first-order valence-corrected chi connectivity index (χ1v) is 10.1. The van der Waals surface area contributed by atoms with Gasteiger partial charge in [-0.2, -0.15) is 0 Å². The molecular weight excluding hydrogens is 382 g/mol. The van der Waals surface area contributed by atoms with Crippen molar-refractivity contribution in [3.8, 4) is 0 Å². The summed E-state index contributed by atoms with van der Waals surface area (Å²) in [4.78, 5) is 47.7. The van der Waals surface area contributed by atoms with Gasteiger partial charge in [0.1, 0.15) is 18.4 Å². The van der Waals surface area contributed by atoms with Crippen LogP contribution < -0.4 is 15.1 Å². The number of hydrogen-bond donors (Lipinski definition) is 1. The van der Waals surface area contributed by atoms with Crippen LogP contribution in [0.15, 0.2) is 42.6 Å². The molecule has 2 aliphatic rings. The molecule has 3 heterocycles. The monoisotopic (exact) mass is 407 g/mol. The van der Waals surface area contributed by atoms with Crippen molar-refractivity contribution in [3.05, 3.63) is 48.2 Å². The predicted octanol–water partition coefficient (Wildman–Crippen LogP) is 2.13. The smallest absolute Gasteiger partial charge is 0.253 e. The molecule has 4 rings (SSSR count). The fraction of sp³-hybridized carbons (Fsp3) is 0.364. The molecule has 1 atom stereocenters. The Morgan fingerprint density at radius 3 is 2.73 bits per heavy atom. The zero-order valence-electron chi connectivity index (χ0n) is 17.2. The molecule has 1 fully saturated rings. The minimum Gasteiger partial charge on any atom is -0.358 e. The Hall–Kier alpha value is -3.42. The second-order valence-electron chi connectivity index (χ2n) is 7.80. The number of anilines is 3. The summed E-state index contributed by atoms with van der Waals surface area (Å²) in [5, 5.41) is 2.74. The third-order valence-electron chi connectivity index (χ3n) is 5.52. The SMILES string of the molecule is CN(C)C(=O)c1ccc2c(c1)N(CC(=O)Nc1ccccn1)C(=O)[C@@H]1CCCCN21. The highest BCUT2D eigenvalue weighted by Crippen LogP contribution is 2.40. The van der Waals surface area contributed by atoms with Crippen LogP contribution in [0.1, 0.15) is 29.6 Å². The highest BCUT2D eigenvalue weighted by atomic mass is 16.2. The number of nitrogens with zero attached hydrogens (tertiary/aromatic N) is 4. The lowest BCUT2D eigenvalue weighted by molar-refractivity contribution is -0.123. The molecule has 1 aromatic heterocycles. The van der Waals surface area contributed by atoms with Gasteiger partial charge in [0.15, 0.2) is 0 Å². The van der Waals surface area contributed by atoms with E-state index in [1.807, 2.05) is 6.07 Å². The molecule has 0 spiro atoms. The summed E-state index contributed by atoms with van der Waals surface area (Å²) in [6.45, 7) is 0.657.